The number of rotatable bonds is 10. The average molecular weight is 683 g/mol. The van der Waals surface area contributed by atoms with Crippen molar-refractivity contribution >= 4 is 12.0 Å². The summed E-state index contributed by atoms with van der Waals surface area (Å²) in [5.74, 6) is -0.489. The number of aromatic hydroxyl groups is 3. The first-order valence-corrected chi connectivity index (χ1v) is 15.6. The third kappa shape index (κ3) is 7.11. The minimum absolute atomic E-state index is 0.0351. The van der Waals surface area contributed by atoms with E-state index in [1.54, 1.807) is 30.3 Å². The summed E-state index contributed by atoms with van der Waals surface area (Å²) in [5, 5.41) is 60.8. The Bertz CT molecular complexity index is 1680. The molecule has 0 aromatic heterocycles. The Morgan fingerprint density at radius 2 is 1.39 bits per heavy atom. The molecule has 14 nitrogen and oxygen atoms in total. The zero-order chi connectivity index (χ0) is 34.8. The fraction of sp³-hybridized carbons (Fsp3) is 0.400. The quantitative estimate of drug-likeness (QED) is 0.103. The number of carbonyl (C=O) groups excluding carboxylic acids is 1. The van der Waals surface area contributed by atoms with Crippen molar-refractivity contribution in [3.8, 4) is 34.5 Å². The number of fused-ring (bicyclic) bond motifs is 1. The van der Waals surface area contributed by atoms with Gasteiger partial charge in [0.2, 0.25) is 6.29 Å². The molecule has 6 N–H and O–H groups in total. The minimum atomic E-state index is -1.68. The van der Waals surface area contributed by atoms with Gasteiger partial charge in [-0.25, -0.2) is 4.79 Å². The lowest BCUT2D eigenvalue weighted by Gasteiger charge is -2.40. The molecule has 3 saturated heterocycles. The smallest absolute Gasteiger partial charge is 0.330 e. The lowest BCUT2D eigenvalue weighted by atomic mass is 9.85. The lowest BCUT2D eigenvalue weighted by Crippen LogP contribution is -2.60. The van der Waals surface area contributed by atoms with Crippen molar-refractivity contribution in [3.05, 3.63) is 77.4 Å². The molecule has 6 rings (SSSR count). The van der Waals surface area contributed by atoms with Crippen molar-refractivity contribution < 1.29 is 68.6 Å². The highest BCUT2D eigenvalue weighted by atomic mass is 16.7. The second kappa shape index (κ2) is 14.5. The third-order valence-electron chi connectivity index (χ3n) is 9.03. The maximum atomic E-state index is 12.3. The van der Waals surface area contributed by atoms with Crippen LogP contribution in [0.5, 0.6) is 34.5 Å². The van der Waals surface area contributed by atoms with E-state index in [1.165, 1.54) is 38.5 Å². The lowest BCUT2D eigenvalue weighted by molar-refractivity contribution is -0.278. The molecule has 3 aliphatic rings. The van der Waals surface area contributed by atoms with Crippen LogP contribution in [0.3, 0.4) is 0 Å². The number of aliphatic hydroxyl groups is 3. The van der Waals surface area contributed by atoms with E-state index in [0.717, 1.165) is 17.2 Å². The fourth-order valence-electron chi connectivity index (χ4n) is 6.36. The van der Waals surface area contributed by atoms with Crippen LogP contribution in [0.1, 0.15) is 28.9 Å². The van der Waals surface area contributed by atoms with E-state index in [2.05, 4.69) is 0 Å². The van der Waals surface area contributed by atoms with Gasteiger partial charge >= 0.3 is 5.97 Å². The number of ether oxygens (including phenoxy) is 7. The number of benzene rings is 3. The zero-order valence-electron chi connectivity index (χ0n) is 26.6. The molecular weight excluding hydrogens is 644 g/mol. The van der Waals surface area contributed by atoms with Gasteiger partial charge in [0.1, 0.15) is 31.0 Å². The first kappa shape index (κ1) is 34.3. The van der Waals surface area contributed by atoms with Gasteiger partial charge in [0.05, 0.1) is 39.6 Å². The van der Waals surface area contributed by atoms with Gasteiger partial charge in [0, 0.05) is 17.9 Å². The molecule has 3 heterocycles. The van der Waals surface area contributed by atoms with Gasteiger partial charge in [-0.1, -0.05) is 18.2 Å². The van der Waals surface area contributed by atoms with Crippen LogP contribution in [-0.2, 0) is 23.7 Å². The highest BCUT2D eigenvalue weighted by Gasteiger charge is 2.49. The molecule has 3 aromatic rings. The molecule has 0 amide bonds. The predicted molar refractivity (Wildman–Crippen MR) is 169 cm³/mol. The van der Waals surface area contributed by atoms with E-state index in [1.807, 2.05) is 6.07 Å². The molecule has 0 bridgehead atoms. The van der Waals surface area contributed by atoms with E-state index < -0.39 is 43.3 Å². The summed E-state index contributed by atoms with van der Waals surface area (Å²) < 4.78 is 40.1. The van der Waals surface area contributed by atoms with Crippen LogP contribution in [0.2, 0.25) is 0 Å². The van der Waals surface area contributed by atoms with Gasteiger partial charge in [-0.3, -0.25) is 0 Å². The first-order chi connectivity index (χ1) is 23.6. The summed E-state index contributed by atoms with van der Waals surface area (Å²) in [7, 11) is 2.94. The van der Waals surface area contributed by atoms with Crippen molar-refractivity contribution in [1.29, 1.82) is 0 Å². The van der Waals surface area contributed by atoms with Crippen molar-refractivity contribution in [2.45, 2.75) is 42.9 Å². The minimum Gasteiger partial charge on any atom is -0.504 e. The summed E-state index contributed by atoms with van der Waals surface area (Å²) in [6, 6.07) is 14.3. The van der Waals surface area contributed by atoms with Crippen LogP contribution in [0.25, 0.3) is 6.08 Å². The molecule has 3 aliphatic heterocycles. The maximum Gasteiger partial charge on any atom is 0.330 e. The third-order valence-corrected chi connectivity index (χ3v) is 9.03. The Labute approximate surface area is 281 Å². The number of phenols is 3. The summed E-state index contributed by atoms with van der Waals surface area (Å²) in [5.41, 5.74) is 2.11. The summed E-state index contributed by atoms with van der Waals surface area (Å²) >= 11 is 0. The van der Waals surface area contributed by atoms with Gasteiger partial charge in [-0.2, -0.15) is 0 Å². The van der Waals surface area contributed by atoms with Crippen LogP contribution >= 0.6 is 0 Å². The van der Waals surface area contributed by atoms with Crippen molar-refractivity contribution in [2.24, 2.45) is 11.8 Å². The van der Waals surface area contributed by atoms with E-state index in [-0.39, 0.29) is 47.0 Å². The number of carbonyl (C=O) groups is 1. The highest BCUT2D eigenvalue weighted by molar-refractivity contribution is 5.87. The molecule has 0 saturated carbocycles. The molecular formula is C35H38O14. The molecule has 0 aliphatic carbocycles. The standard InChI is InChI=1S/C35H38O14/c1-43-26-12-18(5-8-23(26)37)33-20-14-47-34(21(20)15-46-33)19-6-9-25(27(13-19)44-2)48-35-32(42)31(41)30(40)28(49-35)16-45-29(39)10-4-17-3-7-22(36)24(38)11-17/h3-13,20-21,28,30-38,40-42H,14-16H2,1-2H3. The Hall–Kier alpha value is -4.57. The molecule has 9 unspecified atom stereocenters. The number of hydrogen-bond donors (Lipinski definition) is 6. The maximum absolute atomic E-state index is 12.3. The molecule has 14 heteroatoms. The average Bonchev–Trinajstić information content (AvgIpc) is 3.72. The molecule has 0 radical (unpaired) electrons. The topological polar surface area (TPSA) is 203 Å². The number of phenolic OH excluding ortho intramolecular Hbond substituents is 3. The normalized spacial score (nSPS) is 29.4. The van der Waals surface area contributed by atoms with Gasteiger partial charge in [-0.15, -0.1) is 0 Å². The largest absolute Gasteiger partial charge is 0.504 e. The van der Waals surface area contributed by atoms with E-state index in [4.69, 9.17) is 33.2 Å². The number of esters is 1. The van der Waals surface area contributed by atoms with Crippen LogP contribution in [-0.4, -0.2) is 101 Å². The second-order valence-corrected chi connectivity index (χ2v) is 12.0. The first-order valence-electron chi connectivity index (χ1n) is 15.6. The summed E-state index contributed by atoms with van der Waals surface area (Å²) in [6.07, 6.45) is -5.78. The Balaban J connectivity index is 1.10. The summed E-state index contributed by atoms with van der Waals surface area (Å²) in [4.78, 5) is 12.3. The van der Waals surface area contributed by atoms with Gasteiger partial charge in [0.15, 0.2) is 34.5 Å². The van der Waals surface area contributed by atoms with E-state index in [0.29, 0.717) is 30.3 Å². The van der Waals surface area contributed by atoms with Crippen LogP contribution in [0.4, 0.5) is 0 Å². The molecule has 3 aromatic carbocycles. The van der Waals surface area contributed by atoms with Gasteiger partial charge in [0.25, 0.3) is 0 Å². The Kier molecular flexibility index (Phi) is 10.2. The second-order valence-electron chi connectivity index (χ2n) is 12.0. The molecule has 0 spiro atoms. The predicted octanol–water partition coefficient (Wildman–Crippen LogP) is 2.34. The molecule has 262 valence electrons. The van der Waals surface area contributed by atoms with Crippen molar-refractivity contribution in [3.63, 3.8) is 0 Å². The van der Waals surface area contributed by atoms with Crippen LogP contribution in [0.15, 0.2) is 60.7 Å². The van der Waals surface area contributed by atoms with Crippen LogP contribution < -0.4 is 14.2 Å². The number of methoxy groups -OCH3 is 2. The van der Waals surface area contributed by atoms with Crippen molar-refractivity contribution in [2.75, 3.05) is 34.0 Å². The Morgan fingerprint density at radius 1 is 0.755 bits per heavy atom. The van der Waals surface area contributed by atoms with Crippen molar-refractivity contribution in [1.82, 2.24) is 0 Å². The molecule has 3 fully saturated rings. The van der Waals surface area contributed by atoms with E-state index >= 15 is 0 Å². The van der Waals surface area contributed by atoms with E-state index in [9.17, 15) is 35.4 Å². The molecule has 9 atom stereocenters. The monoisotopic (exact) mass is 682 g/mol. The highest BCUT2D eigenvalue weighted by Crippen LogP contribution is 2.51. The van der Waals surface area contributed by atoms with Crippen LogP contribution in [0, 0.1) is 11.8 Å². The van der Waals surface area contributed by atoms with Gasteiger partial charge < -0.3 is 63.8 Å². The fourth-order valence-corrected chi connectivity index (χ4v) is 6.36. The summed E-state index contributed by atoms with van der Waals surface area (Å²) in [6.45, 7) is 0.426. The Morgan fingerprint density at radius 3 is 2.04 bits per heavy atom. The zero-order valence-corrected chi connectivity index (χ0v) is 26.6. The number of hydrogen-bond acceptors (Lipinski definition) is 14. The van der Waals surface area contributed by atoms with Gasteiger partial charge in [-0.05, 0) is 59.2 Å². The SMILES string of the molecule is COc1cc(C2OCC3C(c4ccc(OC5OC(COC(=O)C=Cc6ccc(O)c(O)c6)C(O)C(O)C5O)c(OC)c4)OCC23)ccc1O. The molecule has 49 heavy (non-hydrogen) atoms. The number of aliphatic hydroxyl groups excluding tert-OH is 3.